The summed E-state index contributed by atoms with van der Waals surface area (Å²) in [4.78, 5) is 21.4. The van der Waals surface area contributed by atoms with Gasteiger partial charge in [-0.1, -0.05) is 13.8 Å². The van der Waals surface area contributed by atoms with Crippen molar-refractivity contribution >= 4 is 11.8 Å². The number of primary amides is 2. The Hall–Kier alpha value is -1.10. The maximum Gasteiger partial charge on any atom is 0.247 e. The van der Waals surface area contributed by atoms with Crippen LogP contribution < -0.4 is 11.5 Å². The average Bonchev–Trinajstić information content (AvgIpc) is 1.97. The van der Waals surface area contributed by atoms with E-state index in [1.165, 1.54) is 0 Å². The number of hydrogen-bond acceptors (Lipinski definition) is 3. The lowest BCUT2D eigenvalue weighted by Gasteiger charge is -2.18. The molecule has 2 atom stereocenters. The van der Waals surface area contributed by atoms with E-state index in [2.05, 4.69) is 0 Å². The van der Waals surface area contributed by atoms with Crippen LogP contribution in [-0.4, -0.2) is 23.0 Å². The highest BCUT2D eigenvalue weighted by Crippen LogP contribution is 2.15. The van der Waals surface area contributed by atoms with Gasteiger partial charge in [0.25, 0.3) is 0 Å². The van der Waals surface area contributed by atoms with Crippen LogP contribution in [0, 0.1) is 11.8 Å². The Balaban J connectivity index is 4.42. The molecule has 0 aliphatic heterocycles. The Morgan fingerprint density at radius 2 is 1.69 bits per heavy atom. The second-order valence-electron chi connectivity index (χ2n) is 3.49. The van der Waals surface area contributed by atoms with Gasteiger partial charge in [-0.2, -0.15) is 0 Å². The Labute approximate surface area is 77.1 Å². The van der Waals surface area contributed by atoms with Gasteiger partial charge in [-0.3, -0.25) is 9.59 Å². The average molecular weight is 188 g/mol. The van der Waals surface area contributed by atoms with Gasteiger partial charge in [0, 0.05) is 0 Å². The Kier molecular flexibility index (Phi) is 4.40. The molecule has 5 nitrogen and oxygen atoms in total. The number of rotatable bonds is 5. The molecule has 0 aliphatic rings. The molecule has 0 aromatic heterocycles. The van der Waals surface area contributed by atoms with Gasteiger partial charge in [0.05, 0.1) is 5.92 Å². The summed E-state index contributed by atoms with van der Waals surface area (Å²) < 4.78 is 0. The third-order valence-electron chi connectivity index (χ3n) is 1.76. The van der Waals surface area contributed by atoms with E-state index in [1.807, 2.05) is 13.8 Å². The molecule has 76 valence electrons. The lowest BCUT2D eigenvalue weighted by molar-refractivity contribution is -0.137. The minimum absolute atomic E-state index is 0.173. The molecule has 0 rings (SSSR count). The molecule has 5 N–H and O–H groups in total. The second kappa shape index (κ2) is 4.81. The first-order chi connectivity index (χ1) is 5.86. The van der Waals surface area contributed by atoms with E-state index in [1.54, 1.807) is 0 Å². The van der Waals surface area contributed by atoms with E-state index in [0.29, 0.717) is 6.42 Å². The van der Waals surface area contributed by atoms with Crippen LogP contribution >= 0.6 is 0 Å². The van der Waals surface area contributed by atoms with Gasteiger partial charge in [-0.05, 0) is 12.3 Å². The van der Waals surface area contributed by atoms with Crippen molar-refractivity contribution in [3.8, 4) is 0 Å². The van der Waals surface area contributed by atoms with Crippen LogP contribution in [-0.2, 0) is 9.59 Å². The number of hydrogen-bond donors (Lipinski definition) is 3. The lowest BCUT2D eigenvalue weighted by Crippen LogP contribution is -2.42. The van der Waals surface area contributed by atoms with Crippen LogP contribution in [0.3, 0.4) is 0 Å². The van der Waals surface area contributed by atoms with E-state index >= 15 is 0 Å². The number of aliphatic hydroxyl groups excluding tert-OH is 1. The minimum Gasteiger partial charge on any atom is -0.382 e. The molecule has 0 saturated carbocycles. The van der Waals surface area contributed by atoms with Crippen molar-refractivity contribution in [3.05, 3.63) is 0 Å². The first-order valence-electron chi connectivity index (χ1n) is 4.13. The highest BCUT2D eigenvalue weighted by Gasteiger charge is 2.29. The summed E-state index contributed by atoms with van der Waals surface area (Å²) in [7, 11) is 0. The first kappa shape index (κ1) is 11.9. The molecular weight excluding hydrogens is 172 g/mol. The predicted molar refractivity (Wildman–Crippen MR) is 47.3 cm³/mol. The molecular formula is C8H16N2O3. The number of carbonyl (C=O) groups is 2. The molecule has 0 fully saturated rings. The van der Waals surface area contributed by atoms with Crippen molar-refractivity contribution in [2.75, 3.05) is 0 Å². The first-order valence-corrected chi connectivity index (χ1v) is 4.13. The van der Waals surface area contributed by atoms with Gasteiger partial charge < -0.3 is 16.6 Å². The molecule has 5 heteroatoms. The van der Waals surface area contributed by atoms with Crippen molar-refractivity contribution in [2.24, 2.45) is 23.3 Å². The van der Waals surface area contributed by atoms with Crippen molar-refractivity contribution < 1.29 is 14.7 Å². The van der Waals surface area contributed by atoms with E-state index in [4.69, 9.17) is 11.5 Å². The van der Waals surface area contributed by atoms with E-state index in [-0.39, 0.29) is 5.92 Å². The summed E-state index contributed by atoms with van der Waals surface area (Å²) >= 11 is 0. The van der Waals surface area contributed by atoms with E-state index in [0.717, 1.165) is 0 Å². The van der Waals surface area contributed by atoms with Crippen LogP contribution in [0.5, 0.6) is 0 Å². The standard InChI is InChI=1S/C8H16N2O3/c1-4(2)3-5(7(9)12)6(11)8(10)13/h4-6,11H,3H2,1-2H3,(H2,9,12)(H2,10,13)/t5?,6-/m1/s1. The molecule has 2 amide bonds. The number of carbonyl (C=O) groups excluding carboxylic acids is 2. The fraction of sp³-hybridized carbons (Fsp3) is 0.750. The highest BCUT2D eigenvalue weighted by atomic mass is 16.3. The van der Waals surface area contributed by atoms with Gasteiger partial charge >= 0.3 is 0 Å². The topological polar surface area (TPSA) is 106 Å². The summed E-state index contributed by atoms with van der Waals surface area (Å²) in [6.45, 7) is 3.73. The van der Waals surface area contributed by atoms with Crippen LogP contribution in [0.2, 0.25) is 0 Å². The third kappa shape index (κ3) is 3.89. The molecule has 0 spiro atoms. The normalized spacial score (nSPS) is 15.4. The molecule has 0 aromatic carbocycles. The zero-order valence-corrected chi connectivity index (χ0v) is 7.86. The lowest BCUT2D eigenvalue weighted by atomic mass is 9.91. The zero-order chi connectivity index (χ0) is 10.6. The van der Waals surface area contributed by atoms with Gasteiger partial charge in [0.2, 0.25) is 11.8 Å². The fourth-order valence-corrected chi connectivity index (χ4v) is 1.11. The quantitative estimate of drug-likeness (QED) is 0.514. The maximum absolute atomic E-state index is 10.8. The number of amides is 2. The molecule has 0 aliphatic carbocycles. The molecule has 0 heterocycles. The van der Waals surface area contributed by atoms with E-state index in [9.17, 15) is 14.7 Å². The Morgan fingerprint density at radius 1 is 1.23 bits per heavy atom. The summed E-state index contributed by atoms with van der Waals surface area (Å²) in [5, 5.41) is 9.23. The minimum atomic E-state index is -1.47. The molecule has 0 radical (unpaired) electrons. The van der Waals surface area contributed by atoms with Crippen molar-refractivity contribution in [1.29, 1.82) is 0 Å². The molecule has 0 aromatic rings. The summed E-state index contributed by atoms with van der Waals surface area (Å²) in [5.41, 5.74) is 9.87. The largest absolute Gasteiger partial charge is 0.382 e. The summed E-state index contributed by atoms with van der Waals surface area (Å²) in [5.74, 6) is -2.31. The molecule has 0 bridgehead atoms. The van der Waals surface area contributed by atoms with Gasteiger partial charge in [-0.25, -0.2) is 0 Å². The van der Waals surface area contributed by atoms with Gasteiger partial charge in [0.15, 0.2) is 0 Å². The molecule has 1 unspecified atom stereocenters. The fourth-order valence-electron chi connectivity index (χ4n) is 1.11. The maximum atomic E-state index is 10.8. The predicted octanol–water partition coefficient (Wildman–Crippen LogP) is -1.02. The van der Waals surface area contributed by atoms with Crippen LogP contribution in [0.4, 0.5) is 0 Å². The Morgan fingerprint density at radius 3 is 1.92 bits per heavy atom. The third-order valence-corrected chi connectivity index (χ3v) is 1.76. The van der Waals surface area contributed by atoms with Gasteiger partial charge in [-0.15, -0.1) is 0 Å². The number of nitrogens with two attached hydrogens (primary N) is 2. The monoisotopic (exact) mass is 188 g/mol. The van der Waals surface area contributed by atoms with Crippen molar-refractivity contribution in [2.45, 2.75) is 26.4 Å². The highest BCUT2D eigenvalue weighted by molar-refractivity contribution is 5.87. The zero-order valence-electron chi connectivity index (χ0n) is 7.86. The Bertz CT molecular complexity index is 204. The second-order valence-corrected chi connectivity index (χ2v) is 3.49. The van der Waals surface area contributed by atoms with Crippen LogP contribution in [0.15, 0.2) is 0 Å². The molecule has 0 saturated heterocycles. The van der Waals surface area contributed by atoms with Crippen LogP contribution in [0.25, 0.3) is 0 Å². The smallest absolute Gasteiger partial charge is 0.247 e. The van der Waals surface area contributed by atoms with Crippen molar-refractivity contribution in [3.63, 3.8) is 0 Å². The summed E-state index contributed by atoms with van der Waals surface area (Å²) in [6, 6.07) is 0. The van der Waals surface area contributed by atoms with Crippen LogP contribution in [0.1, 0.15) is 20.3 Å². The van der Waals surface area contributed by atoms with Gasteiger partial charge in [0.1, 0.15) is 6.10 Å². The van der Waals surface area contributed by atoms with Crippen molar-refractivity contribution in [1.82, 2.24) is 0 Å². The SMILES string of the molecule is CC(C)CC(C(N)=O)[C@@H](O)C(N)=O. The number of aliphatic hydroxyl groups is 1. The molecule has 13 heavy (non-hydrogen) atoms. The summed E-state index contributed by atoms with van der Waals surface area (Å²) in [6.07, 6.45) is -1.11. The van der Waals surface area contributed by atoms with E-state index < -0.39 is 23.8 Å².